The van der Waals surface area contributed by atoms with Crippen molar-refractivity contribution in [3.05, 3.63) is 60.2 Å². The lowest BCUT2D eigenvalue weighted by molar-refractivity contribution is 0.282. The molecular formula is C13H11O. The lowest BCUT2D eigenvalue weighted by Crippen LogP contribution is -1.83. The topological polar surface area (TPSA) is 20.2 Å². The zero-order chi connectivity index (χ0) is 9.80. The van der Waals surface area contributed by atoms with Crippen molar-refractivity contribution >= 4 is 0 Å². The van der Waals surface area contributed by atoms with Crippen LogP contribution in [0.5, 0.6) is 0 Å². The maximum Gasteiger partial charge on any atom is 0.0682 e. The molecule has 1 nitrogen and oxygen atoms in total. The minimum Gasteiger partial charge on any atom is -0.392 e. The van der Waals surface area contributed by atoms with Crippen LogP contribution in [0.4, 0.5) is 0 Å². The van der Waals surface area contributed by atoms with Gasteiger partial charge in [0.25, 0.3) is 0 Å². The molecule has 1 N–H and O–H groups in total. The summed E-state index contributed by atoms with van der Waals surface area (Å²) < 4.78 is 0. The Bertz CT molecular complexity index is 407. The van der Waals surface area contributed by atoms with Gasteiger partial charge in [-0.15, -0.1) is 0 Å². The van der Waals surface area contributed by atoms with Crippen molar-refractivity contribution in [1.29, 1.82) is 0 Å². The van der Waals surface area contributed by atoms with Crippen molar-refractivity contribution in [3.63, 3.8) is 0 Å². The summed E-state index contributed by atoms with van der Waals surface area (Å²) in [5.41, 5.74) is 3.18. The van der Waals surface area contributed by atoms with E-state index in [1.807, 2.05) is 48.5 Å². The van der Waals surface area contributed by atoms with E-state index in [1.54, 1.807) is 0 Å². The highest BCUT2D eigenvalue weighted by molar-refractivity contribution is 5.63. The van der Waals surface area contributed by atoms with Crippen LogP contribution in [0.3, 0.4) is 0 Å². The predicted octanol–water partition coefficient (Wildman–Crippen LogP) is 2.65. The zero-order valence-electron chi connectivity index (χ0n) is 7.77. The average Bonchev–Trinajstić information content (AvgIpc) is 2.30. The van der Waals surface area contributed by atoms with Crippen LogP contribution in [0.25, 0.3) is 11.1 Å². The predicted molar refractivity (Wildman–Crippen MR) is 56.6 cm³/mol. The highest BCUT2D eigenvalue weighted by Gasteiger charge is 1.96. The first kappa shape index (κ1) is 8.97. The van der Waals surface area contributed by atoms with Crippen molar-refractivity contribution in [3.8, 4) is 11.1 Å². The third-order valence-corrected chi connectivity index (χ3v) is 2.15. The van der Waals surface area contributed by atoms with E-state index in [1.165, 1.54) is 0 Å². The Kier molecular flexibility index (Phi) is 2.61. The molecule has 0 bridgehead atoms. The van der Waals surface area contributed by atoms with Gasteiger partial charge in [0, 0.05) is 0 Å². The van der Waals surface area contributed by atoms with Crippen LogP contribution in [0.1, 0.15) is 5.56 Å². The molecule has 0 saturated carbocycles. The molecule has 0 atom stereocenters. The zero-order valence-corrected chi connectivity index (χ0v) is 7.77. The van der Waals surface area contributed by atoms with Gasteiger partial charge in [0.2, 0.25) is 0 Å². The smallest absolute Gasteiger partial charge is 0.0682 e. The molecule has 69 valence electrons. The maximum absolute atomic E-state index is 9.00. The summed E-state index contributed by atoms with van der Waals surface area (Å²) in [6.45, 7) is 0.0877. The van der Waals surface area contributed by atoms with Crippen molar-refractivity contribution in [2.75, 3.05) is 0 Å². The SMILES string of the molecule is OCc1cccc(-c2c[c]ccc2)c1. The molecule has 0 unspecified atom stereocenters. The van der Waals surface area contributed by atoms with Gasteiger partial charge in [0.05, 0.1) is 6.61 Å². The fourth-order valence-corrected chi connectivity index (χ4v) is 1.42. The van der Waals surface area contributed by atoms with E-state index in [-0.39, 0.29) is 6.61 Å². The number of benzene rings is 2. The summed E-state index contributed by atoms with van der Waals surface area (Å²) in [6.07, 6.45) is 0. The number of rotatable bonds is 2. The summed E-state index contributed by atoms with van der Waals surface area (Å²) in [5.74, 6) is 0. The van der Waals surface area contributed by atoms with Crippen LogP contribution in [-0.4, -0.2) is 5.11 Å². The Morgan fingerprint density at radius 3 is 2.64 bits per heavy atom. The Morgan fingerprint density at radius 1 is 1.07 bits per heavy atom. The van der Waals surface area contributed by atoms with E-state index < -0.39 is 0 Å². The Morgan fingerprint density at radius 2 is 1.93 bits per heavy atom. The summed E-state index contributed by atoms with van der Waals surface area (Å²) in [5, 5.41) is 9.00. The van der Waals surface area contributed by atoms with Crippen molar-refractivity contribution in [2.24, 2.45) is 0 Å². The summed E-state index contributed by atoms with van der Waals surface area (Å²) in [6, 6.07) is 18.7. The minimum atomic E-state index is 0.0877. The normalized spacial score (nSPS) is 10.1. The highest BCUT2D eigenvalue weighted by Crippen LogP contribution is 2.19. The van der Waals surface area contributed by atoms with Crippen molar-refractivity contribution in [1.82, 2.24) is 0 Å². The van der Waals surface area contributed by atoms with Gasteiger partial charge in [-0.05, 0) is 34.9 Å². The molecule has 2 aromatic carbocycles. The molecule has 0 aromatic heterocycles. The summed E-state index contributed by atoms with van der Waals surface area (Å²) >= 11 is 0. The molecule has 0 heterocycles. The first-order chi connectivity index (χ1) is 6.90. The number of hydrogen-bond donors (Lipinski definition) is 1. The molecule has 2 aromatic rings. The van der Waals surface area contributed by atoms with Gasteiger partial charge in [-0.2, -0.15) is 0 Å². The Balaban J connectivity index is 2.42. The number of aliphatic hydroxyl groups is 1. The molecule has 2 rings (SSSR count). The second-order valence-corrected chi connectivity index (χ2v) is 3.15. The van der Waals surface area contributed by atoms with Gasteiger partial charge >= 0.3 is 0 Å². The van der Waals surface area contributed by atoms with Gasteiger partial charge in [-0.3, -0.25) is 0 Å². The van der Waals surface area contributed by atoms with Gasteiger partial charge in [-0.25, -0.2) is 0 Å². The molecular weight excluding hydrogens is 172 g/mol. The quantitative estimate of drug-likeness (QED) is 0.758. The van der Waals surface area contributed by atoms with E-state index in [0.717, 1.165) is 16.7 Å². The van der Waals surface area contributed by atoms with Crippen molar-refractivity contribution in [2.45, 2.75) is 6.61 Å². The number of hydrogen-bond acceptors (Lipinski definition) is 1. The minimum absolute atomic E-state index is 0.0877. The molecule has 0 aliphatic rings. The molecule has 1 heteroatoms. The van der Waals surface area contributed by atoms with E-state index in [0.29, 0.717) is 0 Å². The fraction of sp³-hybridized carbons (Fsp3) is 0.0769. The van der Waals surface area contributed by atoms with Gasteiger partial charge in [-0.1, -0.05) is 36.4 Å². The summed E-state index contributed by atoms with van der Waals surface area (Å²) in [7, 11) is 0. The largest absolute Gasteiger partial charge is 0.392 e. The molecule has 0 aliphatic carbocycles. The van der Waals surface area contributed by atoms with Crippen LogP contribution in [0.15, 0.2) is 48.5 Å². The van der Waals surface area contributed by atoms with Gasteiger partial charge in [0.15, 0.2) is 0 Å². The maximum atomic E-state index is 9.00. The third-order valence-electron chi connectivity index (χ3n) is 2.15. The van der Waals surface area contributed by atoms with E-state index in [9.17, 15) is 0 Å². The van der Waals surface area contributed by atoms with Crippen molar-refractivity contribution < 1.29 is 5.11 Å². The van der Waals surface area contributed by atoms with E-state index >= 15 is 0 Å². The lowest BCUT2D eigenvalue weighted by atomic mass is 10.0. The Hall–Kier alpha value is -1.60. The lowest BCUT2D eigenvalue weighted by Gasteiger charge is -2.02. The first-order valence-electron chi connectivity index (χ1n) is 4.56. The number of aliphatic hydroxyl groups excluding tert-OH is 1. The van der Waals surface area contributed by atoms with Gasteiger partial charge in [0.1, 0.15) is 0 Å². The summed E-state index contributed by atoms with van der Waals surface area (Å²) in [4.78, 5) is 0. The standard InChI is InChI=1S/C13H11O/c14-10-11-5-4-8-13(9-11)12-6-2-1-3-7-12/h1-2,4-9,14H,10H2. The second kappa shape index (κ2) is 4.07. The van der Waals surface area contributed by atoms with Crippen LogP contribution < -0.4 is 0 Å². The van der Waals surface area contributed by atoms with Gasteiger partial charge < -0.3 is 5.11 Å². The average molecular weight is 183 g/mol. The third kappa shape index (κ3) is 1.83. The molecule has 14 heavy (non-hydrogen) atoms. The van der Waals surface area contributed by atoms with E-state index in [2.05, 4.69) is 6.07 Å². The first-order valence-corrected chi connectivity index (χ1v) is 4.56. The van der Waals surface area contributed by atoms with Crippen LogP contribution in [0, 0.1) is 6.07 Å². The molecule has 0 spiro atoms. The molecule has 0 saturated heterocycles. The molecule has 0 aliphatic heterocycles. The monoisotopic (exact) mass is 183 g/mol. The molecule has 0 amide bonds. The second-order valence-electron chi connectivity index (χ2n) is 3.15. The molecule has 1 radical (unpaired) electrons. The Labute approximate surface area is 83.6 Å². The molecule has 0 fully saturated rings. The van der Waals surface area contributed by atoms with Crippen LogP contribution in [0.2, 0.25) is 0 Å². The highest BCUT2D eigenvalue weighted by atomic mass is 16.3. The fourth-order valence-electron chi connectivity index (χ4n) is 1.42. The van der Waals surface area contributed by atoms with Crippen LogP contribution in [-0.2, 0) is 6.61 Å². The van der Waals surface area contributed by atoms with Crippen LogP contribution >= 0.6 is 0 Å². The van der Waals surface area contributed by atoms with E-state index in [4.69, 9.17) is 5.11 Å².